The smallest absolute Gasteiger partial charge is 0.149 e. The van der Waals surface area contributed by atoms with Gasteiger partial charge in [-0.1, -0.05) is 23.5 Å². The van der Waals surface area contributed by atoms with Crippen molar-refractivity contribution in [3.05, 3.63) is 53.3 Å². The molecule has 0 aliphatic rings. The highest BCUT2D eigenvalue weighted by molar-refractivity contribution is 7.14. The van der Waals surface area contributed by atoms with Crippen LogP contribution in [0.1, 0.15) is 5.01 Å². The van der Waals surface area contributed by atoms with Gasteiger partial charge in [0.05, 0.1) is 5.69 Å². The average molecular weight is 301 g/mol. The van der Waals surface area contributed by atoms with E-state index in [-0.39, 0.29) is 5.69 Å². The number of halogens is 1. The third-order valence-corrected chi connectivity index (χ3v) is 3.70. The van der Waals surface area contributed by atoms with Crippen molar-refractivity contribution in [3.63, 3.8) is 0 Å². The number of nitrogen functional groups attached to an aromatic ring is 1. The minimum absolute atomic E-state index is 0.0976. The maximum atomic E-state index is 13.4. The number of anilines is 1. The Bertz CT molecular complexity index is 788. The summed E-state index contributed by atoms with van der Waals surface area (Å²) < 4.78 is 19.1. The summed E-state index contributed by atoms with van der Waals surface area (Å²) in [4.78, 5) is 0. The van der Waals surface area contributed by atoms with Crippen LogP contribution in [0.4, 0.5) is 10.1 Å². The predicted octanol–water partition coefficient (Wildman–Crippen LogP) is 4.03. The topological polar surface area (TPSA) is 61.0 Å². The summed E-state index contributed by atoms with van der Waals surface area (Å²) in [7, 11) is 0. The lowest BCUT2D eigenvalue weighted by atomic mass is 10.2. The first kappa shape index (κ1) is 13.5. The largest absolute Gasteiger partial charge is 0.457 e. The number of nitrogens with zero attached hydrogens (tertiary/aromatic N) is 2. The molecule has 0 aliphatic carbocycles. The van der Waals surface area contributed by atoms with Gasteiger partial charge in [-0.2, -0.15) is 0 Å². The molecule has 4 nitrogen and oxygen atoms in total. The van der Waals surface area contributed by atoms with Crippen molar-refractivity contribution >= 4 is 17.0 Å². The van der Waals surface area contributed by atoms with E-state index in [9.17, 15) is 4.39 Å². The molecule has 0 fully saturated rings. The van der Waals surface area contributed by atoms with Crippen molar-refractivity contribution in [2.45, 2.75) is 6.92 Å². The summed E-state index contributed by atoms with van der Waals surface area (Å²) in [6.45, 7) is 1.90. The van der Waals surface area contributed by atoms with Gasteiger partial charge in [-0.05, 0) is 31.2 Å². The first-order chi connectivity index (χ1) is 10.1. The minimum Gasteiger partial charge on any atom is -0.457 e. The molecule has 2 N–H and O–H groups in total. The summed E-state index contributed by atoms with van der Waals surface area (Å²) in [6, 6.07) is 11.8. The number of aryl methyl sites for hydroxylation is 1. The van der Waals surface area contributed by atoms with Crippen LogP contribution in [0.25, 0.3) is 10.6 Å². The lowest BCUT2D eigenvalue weighted by Gasteiger charge is -2.07. The number of aromatic nitrogens is 2. The highest BCUT2D eigenvalue weighted by atomic mass is 32.1. The molecule has 106 valence electrons. The fraction of sp³-hybridized carbons (Fsp3) is 0.0667. The van der Waals surface area contributed by atoms with Crippen molar-refractivity contribution in [3.8, 4) is 22.1 Å². The van der Waals surface area contributed by atoms with Crippen molar-refractivity contribution in [2.24, 2.45) is 0 Å². The van der Waals surface area contributed by atoms with Crippen molar-refractivity contribution in [1.29, 1.82) is 0 Å². The predicted molar refractivity (Wildman–Crippen MR) is 81.0 cm³/mol. The van der Waals surface area contributed by atoms with Gasteiger partial charge in [-0.15, -0.1) is 10.2 Å². The van der Waals surface area contributed by atoms with E-state index in [0.717, 1.165) is 15.6 Å². The Morgan fingerprint density at radius 1 is 1.10 bits per heavy atom. The second-order valence-corrected chi connectivity index (χ2v) is 5.62. The molecular weight excluding hydrogens is 289 g/mol. The van der Waals surface area contributed by atoms with Crippen LogP contribution in [0.5, 0.6) is 11.5 Å². The normalized spacial score (nSPS) is 10.6. The fourth-order valence-electron chi connectivity index (χ4n) is 1.81. The average Bonchev–Trinajstić information content (AvgIpc) is 2.90. The molecule has 2 aromatic carbocycles. The van der Waals surface area contributed by atoms with Gasteiger partial charge in [0.25, 0.3) is 0 Å². The van der Waals surface area contributed by atoms with Gasteiger partial charge in [-0.3, -0.25) is 0 Å². The SMILES string of the molecule is Cc1nnc(-c2cccc(Oc3ccc(N)c(F)c3)c2)s1. The van der Waals surface area contributed by atoms with Crippen LogP contribution in [0.15, 0.2) is 42.5 Å². The molecule has 0 saturated carbocycles. The molecule has 0 unspecified atom stereocenters. The Balaban J connectivity index is 1.87. The van der Waals surface area contributed by atoms with Crippen LogP contribution >= 0.6 is 11.3 Å². The van der Waals surface area contributed by atoms with Crippen molar-refractivity contribution in [2.75, 3.05) is 5.73 Å². The minimum atomic E-state index is -0.497. The highest BCUT2D eigenvalue weighted by Gasteiger charge is 2.07. The number of hydrogen-bond donors (Lipinski definition) is 1. The van der Waals surface area contributed by atoms with Crippen LogP contribution < -0.4 is 10.5 Å². The van der Waals surface area contributed by atoms with Gasteiger partial charge in [0.2, 0.25) is 0 Å². The Hall–Kier alpha value is -2.47. The first-order valence-corrected chi connectivity index (χ1v) is 7.07. The summed E-state index contributed by atoms with van der Waals surface area (Å²) in [5, 5.41) is 9.81. The molecule has 0 atom stereocenters. The van der Waals surface area contributed by atoms with Crippen LogP contribution in [0, 0.1) is 12.7 Å². The van der Waals surface area contributed by atoms with Gasteiger partial charge in [0.15, 0.2) is 0 Å². The number of benzene rings is 2. The van der Waals surface area contributed by atoms with E-state index in [1.165, 1.54) is 23.5 Å². The first-order valence-electron chi connectivity index (χ1n) is 6.25. The Kier molecular flexibility index (Phi) is 3.53. The number of ether oxygens (including phenoxy) is 1. The van der Waals surface area contributed by atoms with Gasteiger partial charge in [0, 0.05) is 11.6 Å². The molecule has 0 aliphatic heterocycles. The number of nitrogens with two attached hydrogens (primary N) is 1. The van der Waals surface area contributed by atoms with Gasteiger partial charge >= 0.3 is 0 Å². The van der Waals surface area contributed by atoms with Crippen LogP contribution in [-0.2, 0) is 0 Å². The van der Waals surface area contributed by atoms with E-state index in [2.05, 4.69) is 10.2 Å². The number of rotatable bonds is 3. The highest BCUT2D eigenvalue weighted by Crippen LogP contribution is 2.29. The molecule has 1 heterocycles. The fourth-order valence-corrected chi connectivity index (χ4v) is 2.50. The molecule has 0 bridgehead atoms. The van der Waals surface area contributed by atoms with Crippen molar-refractivity contribution < 1.29 is 9.13 Å². The summed E-state index contributed by atoms with van der Waals surface area (Å²) in [6.07, 6.45) is 0. The molecule has 0 spiro atoms. The number of hydrogen-bond acceptors (Lipinski definition) is 5. The third kappa shape index (κ3) is 3.00. The molecular formula is C15H12FN3OS. The van der Waals surface area contributed by atoms with Gasteiger partial charge in [0.1, 0.15) is 27.3 Å². The maximum Gasteiger partial charge on any atom is 0.149 e. The van der Waals surface area contributed by atoms with E-state index in [0.29, 0.717) is 11.5 Å². The van der Waals surface area contributed by atoms with Gasteiger partial charge in [-0.25, -0.2) is 4.39 Å². The third-order valence-electron chi connectivity index (χ3n) is 2.81. The summed E-state index contributed by atoms with van der Waals surface area (Å²) >= 11 is 1.51. The Morgan fingerprint density at radius 3 is 2.62 bits per heavy atom. The molecule has 3 rings (SSSR count). The van der Waals surface area contributed by atoms with Gasteiger partial charge < -0.3 is 10.5 Å². The Morgan fingerprint density at radius 2 is 1.90 bits per heavy atom. The zero-order chi connectivity index (χ0) is 14.8. The quantitative estimate of drug-likeness (QED) is 0.742. The lowest BCUT2D eigenvalue weighted by Crippen LogP contribution is -1.91. The standard InChI is InChI=1S/C15H12FN3OS/c1-9-18-19-15(21-9)10-3-2-4-11(7-10)20-12-5-6-14(17)13(16)8-12/h2-8H,17H2,1H3. The van der Waals surface area contributed by atoms with E-state index < -0.39 is 5.82 Å². The molecule has 1 aromatic heterocycles. The second kappa shape index (κ2) is 5.49. The zero-order valence-electron chi connectivity index (χ0n) is 11.2. The molecule has 0 amide bonds. The summed E-state index contributed by atoms with van der Waals surface area (Å²) in [5.74, 6) is 0.500. The van der Waals surface area contributed by atoms with Crippen molar-refractivity contribution in [1.82, 2.24) is 10.2 Å². The second-order valence-electron chi connectivity index (χ2n) is 4.44. The van der Waals surface area contributed by atoms with E-state index in [4.69, 9.17) is 10.5 Å². The zero-order valence-corrected chi connectivity index (χ0v) is 12.0. The Labute approximate surface area is 125 Å². The molecule has 3 aromatic rings. The molecule has 0 radical (unpaired) electrons. The van der Waals surface area contributed by atoms with E-state index >= 15 is 0 Å². The lowest BCUT2D eigenvalue weighted by molar-refractivity contribution is 0.477. The van der Waals surface area contributed by atoms with Crippen LogP contribution in [-0.4, -0.2) is 10.2 Å². The summed E-state index contributed by atoms with van der Waals surface area (Å²) in [5.41, 5.74) is 6.45. The van der Waals surface area contributed by atoms with Crippen LogP contribution in [0.3, 0.4) is 0 Å². The maximum absolute atomic E-state index is 13.4. The molecule has 0 saturated heterocycles. The van der Waals surface area contributed by atoms with Crippen LogP contribution in [0.2, 0.25) is 0 Å². The molecule has 6 heteroatoms. The van der Waals surface area contributed by atoms with E-state index in [1.807, 2.05) is 25.1 Å². The monoisotopic (exact) mass is 301 g/mol. The van der Waals surface area contributed by atoms with E-state index in [1.54, 1.807) is 12.1 Å². The molecule has 21 heavy (non-hydrogen) atoms.